The van der Waals surface area contributed by atoms with Crippen molar-refractivity contribution in [2.45, 2.75) is 50.1 Å². The van der Waals surface area contributed by atoms with Crippen molar-refractivity contribution in [1.82, 2.24) is 15.3 Å². The highest BCUT2D eigenvalue weighted by atomic mass is 32.2. The van der Waals surface area contributed by atoms with E-state index in [1.165, 1.54) is 0 Å². The normalized spacial score (nSPS) is 14.1. The second-order valence-corrected chi connectivity index (χ2v) is 5.87. The summed E-state index contributed by atoms with van der Waals surface area (Å²) < 4.78 is 0. The summed E-state index contributed by atoms with van der Waals surface area (Å²) >= 11 is 1.77. The Morgan fingerprint density at radius 2 is 2.33 bits per heavy atom. The molecule has 0 aromatic carbocycles. The number of imidazole rings is 1. The quantitative estimate of drug-likeness (QED) is 0.734. The molecule has 0 fully saturated rings. The summed E-state index contributed by atoms with van der Waals surface area (Å²) in [5.41, 5.74) is 0.234. The Morgan fingerprint density at radius 1 is 1.60 bits per heavy atom. The zero-order chi connectivity index (χ0) is 11.3. The Hall–Kier alpha value is -0.480. The maximum atomic E-state index is 4.20. The van der Waals surface area contributed by atoms with Crippen molar-refractivity contribution in [3.05, 3.63) is 12.4 Å². The van der Waals surface area contributed by atoms with Crippen molar-refractivity contribution < 1.29 is 0 Å². The van der Waals surface area contributed by atoms with Gasteiger partial charge < -0.3 is 10.3 Å². The molecular weight excluding hydrogens is 206 g/mol. The molecule has 86 valence electrons. The molecule has 3 nitrogen and oxygen atoms in total. The topological polar surface area (TPSA) is 40.7 Å². The average Bonchev–Trinajstić information content (AvgIpc) is 2.68. The van der Waals surface area contributed by atoms with Crippen LogP contribution in [0.25, 0.3) is 0 Å². The van der Waals surface area contributed by atoms with Gasteiger partial charge in [0.2, 0.25) is 0 Å². The van der Waals surface area contributed by atoms with Gasteiger partial charge in [0, 0.05) is 29.7 Å². The van der Waals surface area contributed by atoms with E-state index in [0.29, 0.717) is 5.25 Å². The fourth-order valence-corrected chi connectivity index (χ4v) is 1.90. The van der Waals surface area contributed by atoms with Gasteiger partial charge in [0.1, 0.15) is 0 Å². The van der Waals surface area contributed by atoms with Crippen LogP contribution >= 0.6 is 11.8 Å². The molecule has 1 rings (SSSR count). The molecule has 0 aliphatic rings. The molecule has 0 amide bonds. The minimum Gasteiger partial charge on any atom is -0.340 e. The van der Waals surface area contributed by atoms with Gasteiger partial charge in [0.25, 0.3) is 0 Å². The maximum absolute atomic E-state index is 4.20. The molecule has 1 aromatic heterocycles. The van der Waals surface area contributed by atoms with E-state index in [9.17, 15) is 0 Å². The van der Waals surface area contributed by atoms with Gasteiger partial charge in [0.15, 0.2) is 5.16 Å². The van der Waals surface area contributed by atoms with Crippen molar-refractivity contribution in [2.75, 3.05) is 6.54 Å². The number of nitrogens with one attached hydrogen (secondary N) is 2. The minimum atomic E-state index is 0.234. The van der Waals surface area contributed by atoms with E-state index in [0.717, 1.165) is 18.1 Å². The van der Waals surface area contributed by atoms with Crippen LogP contribution in [0.2, 0.25) is 0 Å². The van der Waals surface area contributed by atoms with Crippen LogP contribution in [0.1, 0.15) is 34.1 Å². The third-order valence-electron chi connectivity index (χ3n) is 2.54. The molecule has 1 heterocycles. The van der Waals surface area contributed by atoms with Crippen molar-refractivity contribution in [1.29, 1.82) is 0 Å². The largest absolute Gasteiger partial charge is 0.340 e. The summed E-state index contributed by atoms with van der Waals surface area (Å²) in [5, 5.41) is 5.09. The van der Waals surface area contributed by atoms with Gasteiger partial charge in [-0.1, -0.05) is 25.6 Å². The van der Waals surface area contributed by atoms with Crippen LogP contribution in [0.4, 0.5) is 0 Å². The molecule has 0 saturated heterocycles. The monoisotopic (exact) mass is 227 g/mol. The van der Waals surface area contributed by atoms with E-state index >= 15 is 0 Å². The predicted molar refractivity (Wildman–Crippen MR) is 66.3 cm³/mol. The van der Waals surface area contributed by atoms with Gasteiger partial charge in [-0.05, 0) is 20.3 Å². The van der Waals surface area contributed by atoms with Crippen LogP contribution in [-0.4, -0.2) is 27.3 Å². The molecule has 0 spiro atoms. The number of nitrogens with zero attached hydrogens (tertiary/aromatic N) is 1. The smallest absolute Gasteiger partial charge is 0.165 e. The summed E-state index contributed by atoms with van der Waals surface area (Å²) in [6.07, 6.45) is 4.79. The lowest BCUT2D eigenvalue weighted by atomic mass is 10.0. The summed E-state index contributed by atoms with van der Waals surface area (Å²) in [6.45, 7) is 9.89. The van der Waals surface area contributed by atoms with Crippen molar-refractivity contribution >= 4 is 11.8 Å². The second kappa shape index (κ2) is 5.56. The molecule has 15 heavy (non-hydrogen) atoms. The highest BCUT2D eigenvalue weighted by Crippen LogP contribution is 2.18. The Labute approximate surface area is 96.5 Å². The van der Waals surface area contributed by atoms with Gasteiger partial charge in [-0.25, -0.2) is 4.98 Å². The SMILES string of the molecule is CCC(C)(C)NCC(C)Sc1ncc[nH]1. The number of H-pyrrole nitrogens is 1. The highest BCUT2D eigenvalue weighted by Gasteiger charge is 2.15. The van der Waals surface area contributed by atoms with Crippen molar-refractivity contribution in [3.8, 4) is 0 Å². The average molecular weight is 227 g/mol. The summed E-state index contributed by atoms with van der Waals surface area (Å²) in [4.78, 5) is 7.30. The van der Waals surface area contributed by atoms with Crippen LogP contribution in [0.15, 0.2) is 17.6 Å². The summed E-state index contributed by atoms with van der Waals surface area (Å²) in [7, 11) is 0. The number of aromatic amines is 1. The number of hydrogen-bond acceptors (Lipinski definition) is 3. The van der Waals surface area contributed by atoms with E-state index in [-0.39, 0.29) is 5.54 Å². The highest BCUT2D eigenvalue weighted by molar-refractivity contribution is 7.99. The maximum Gasteiger partial charge on any atom is 0.165 e. The van der Waals surface area contributed by atoms with E-state index in [1.54, 1.807) is 18.0 Å². The first kappa shape index (κ1) is 12.6. The molecule has 2 N–H and O–H groups in total. The molecule has 0 saturated carbocycles. The number of hydrogen-bond donors (Lipinski definition) is 2. The van der Waals surface area contributed by atoms with E-state index in [2.05, 4.69) is 43.0 Å². The van der Waals surface area contributed by atoms with Crippen molar-refractivity contribution in [3.63, 3.8) is 0 Å². The number of thioether (sulfide) groups is 1. The lowest BCUT2D eigenvalue weighted by molar-refractivity contribution is 0.379. The minimum absolute atomic E-state index is 0.234. The fraction of sp³-hybridized carbons (Fsp3) is 0.727. The zero-order valence-corrected chi connectivity index (χ0v) is 10.8. The predicted octanol–water partition coefficient (Wildman–Crippen LogP) is 2.67. The molecule has 1 atom stereocenters. The Kier molecular flexibility index (Phi) is 4.67. The van der Waals surface area contributed by atoms with E-state index in [1.807, 2.05) is 6.20 Å². The van der Waals surface area contributed by atoms with Crippen LogP contribution in [0.5, 0.6) is 0 Å². The Balaban J connectivity index is 2.28. The standard InChI is InChI=1S/C11H21N3S/c1-5-11(3,4)14-8-9(2)15-10-12-6-7-13-10/h6-7,9,14H,5,8H2,1-4H3,(H,12,13). The van der Waals surface area contributed by atoms with Gasteiger partial charge >= 0.3 is 0 Å². The molecular formula is C11H21N3S. The fourth-order valence-electron chi connectivity index (χ4n) is 1.09. The first-order valence-electron chi connectivity index (χ1n) is 5.44. The molecule has 4 heteroatoms. The van der Waals surface area contributed by atoms with Gasteiger partial charge in [-0.15, -0.1) is 0 Å². The Bertz CT molecular complexity index is 269. The van der Waals surface area contributed by atoms with Crippen LogP contribution in [0.3, 0.4) is 0 Å². The van der Waals surface area contributed by atoms with Gasteiger partial charge in [0.05, 0.1) is 0 Å². The molecule has 0 bridgehead atoms. The molecule has 1 unspecified atom stereocenters. The van der Waals surface area contributed by atoms with Gasteiger partial charge in [-0.2, -0.15) is 0 Å². The van der Waals surface area contributed by atoms with E-state index in [4.69, 9.17) is 0 Å². The molecule has 0 aliphatic heterocycles. The van der Waals surface area contributed by atoms with E-state index < -0.39 is 0 Å². The lowest BCUT2D eigenvalue weighted by Gasteiger charge is -2.26. The van der Waals surface area contributed by atoms with Crippen LogP contribution < -0.4 is 5.32 Å². The van der Waals surface area contributed by atoms with Crippen LogP contribution in [-0.2, 0) is 0 Å². The molecule has 0 radical (unpaired) electrons. The third-order valence-corrected chi connectivity index (χ3v) is 3.55. The Morgan fingerprint density at radius 3 is 2.87 bits per heavy atom. The first-order chi connectivity index (χ1) is 7.03. The van der Waals surface area contributed by atoms with Crippen LogP contribution in [0, 0.1) is 0 Å². The second-order valence-electron chi connectivity index (χ2n) is 4.44. The summed E-state index contributed by atoms with van der Waals surface area (Å²) in [5.74, 6) is 0. The first-order valence-corrected chi connectivity index (χ1v) is 6.32. The zero-order valence-electron chi connectivity index (χ0n) is 10.0. The summed E-state index contributed by atoms with van der Waals surface area (Å²) in [6, 6.07) is 0. The molecule has 1 aromatic rings. The number of aromatic nitrogens is 2. The van der Waals surface area contributed by atoms with Crippen molar-refractivity contribution in [2.24, 2.45) is 0 Å². The molecule has 0 aliphatic carbocycles. The van der Waals surface area contributed by atoms with Gasteiger partial charge in [-0.3, -0.25) is 0 Å². The third kappa shape index (κ3) is 4.71. The number of rotatable bonds is 6. The lowest BCUT2D eigenvalue weighted by Crippen LogP contribution is -2.41.